The van der Waals surface area contributed by atoms with Crippen LogP contribution in [0.4, 0.5) is 0 Å². The van der Waals surface area contributed by atoms with Gasteiger partial charge >= 0.3 is 0 Å². The van der Waals surface area contributed by atoms with Crippen molar-refractivity contribution < 1.29 is 9.94 Å². The SMILES string of the molecule is CCC([O])O/N=C/c1ccc(C(C)(C)C)cc1. The van der Waals surface area contributed by atoms with Gasteiger partial charge in [0.2, 0.25) is 0 Å². The van der Waals surface area contributed by atoms with Crippen LogP contribution in [0.1, 0.15) is 45.2 Å². The van der Waals surface area contributed by atoms with Crippen molar-refractivity contribution >= 4 is 6.21 Å². The molecule has 0 bridgehead atoms. The van der Waals surface area contributed by atoms with Gasteiger partial charge in [-0.2, -0.15) is 5.11 Å². The fourth-order valence-electron chi connectivity index (χ4n) is 1.30. The average molecular weight is 234 g/mol. The number of nitrogens with zero attached hydrogens (tertiary/aromatic N) is 1. The minimum atomic E-state index is -1.07. The summed E-state index contributed by atoms with van der Waals surface area (Å²) < 4.78 is 0. The van der Waals surface area contributed by atoms with Crippen LogP contribution >= 0.6 is 0 Å². The smallest absolute Gasteiger partial charge is 0.257 e. The van der Waals surface area contributed by atoms with Crippen molar-refractivity contribution in [3.8, 4) is 0 Å². The average Bonchev–Trinajstić information content (AvgIpc) is 2.28. The number of benzene rings is 1. The van der Waals surface area contributed by atoms with Crippen LogP contribution < -0.4 is 0 Å². The summed E-state index contributed by atoms with van der Waals surface area (Å²) in [7, 11) is 0. The third kappa shape index (κ3) is 4.57. The fourth-order valence-corrected chi connectivity index (χ4v) is 1.30. The van der Waals surface area contributed by atoms with Crippen LogP contribution in [0.2, 0.25) is 0 Å². The molecule has 0 heterocycles. The molecule has 0 aliphatic carbocycles. The molecule has 0 aromatic heterocycles. The van der Waals surface area contributed by atoms with Gasteiger partial charge in [-0.15, -0.1) is 0 Å². The summed E-state index contributed by atoms with van der Waals surface area (Å²) in [5, 5.41) is 14.6. The Kier molecular flexibility index (Phi) is 4.70. The second-order valence-electron chi connectivity index (χ2n) is 5.05. The highest BCUT2D eigenvalue weighted by atomic mass is 16.7. The van der Waals surface area contributed by atoms with E-state index in [9.17, 15) is 5.11 Å². The summed E-state index contributed by atoms with van der Waals surface area (Å²) in [6.07, 6.45) is 0.910. The van der Waals surface area contributed by atoms with Crippen LogP contribution in [0.25, 0.3) is 0 Å². The summed E-state index contributed by atoms with van der Waals surface area (Å²) >= 11 is 0. The van der Waals surface area contributed by atoms with E-state index in [1.807, 2.05) is 12.1 Å². The van der Waals surface area contributed by atoms with E-state index in [4.69, 9.17) is 4.84 Å². The molecule has 1 aromatic rings. The minimum absolute atomic E-state index is 0.147. The van der Waals surface area contributed by atoms with Crippen molar-refractivity contribution in [3.05, 3.63) is 35.4 Å². The van der Waals surface area contributed by atoms with Crippen molar-refractivity contribution in [2.45, 2.75) is 45.8 Å². The van der Waals surface area contributed by atoms with Gasteiger partial charge in [-0.1, -0.05) is 57.1 Å². The predicted octanol–water partition coefficient (Wildman–Crippen LogP) is 3.50. The van der Waals surface area contributed by atoms with Crippen LogP contribution in [0.3, 0.4) is 0 Å². The van der Waals surface area contributed by atoms with Crippen LogP contribution in [-0.4, -0.2) is 12.5 Å². The molecule has 1 rings (SSSR count). The maximum atomic E-state index is 10.9. The molecule has 0 spiro atoms. The van der Waals surface area contributed by atoms with Gasteiger partial charge < -0.3 is 4.84 Å². The van der Waals surface area contributed by atoms with E-state index >= 15 is 0 Å². The summed E-state index contributed by atoms with van der Waals surface area (Å²) in [5.74, 6) is 0. The molecule has 1 aromatic carbocycles. The number of oxime groups is 1. The molecular formula is C14H20NO2. The molecular weight excluding hydrogens is 214 g/mol. The largest absolute Gasteiger partial charge is 0.361 e. The molecule has 93 valence electrons. The monoisotopic (exact) mass is 234 g/mol. The number of rotatable bonds is 4. The van der Waals surface area contributed by atoms with Gasteiger partial charge in [0.1, 0.15) is 0 Å². The van der Waals surface area contributed by atoms with Crippen molar-refractivity contribution in [2.24, 2.45) is 5.16 Å². The fraction of sp³-hybridized carbons (Fsp3) is 0.500. The van der Waals surface area contributed by atoms with Crippen LogP contribution in [0.5, 0.6) is 0 Å². The molecule has 0 aliphatic rings. The maximum absolute atomic E-state index is 10.9. The first kappa shape index (κ1) is 13.7. The van der Waals surface area contributed by atoms with Gasteiger partial charge in [-0.25, -0.2) is 0 Å². The lowest BCUT2D eigenvalue weighted by molar-refractivity contribution is -0.139. The highest BCUT2D eigenvalue weighted by molar-refractivity contribution is 5.79. The molecule has 1 atom stereocenters. The highest BCUT2D eigenvalue weighted by Crippen LogP contribution is 2.21. The molecule has 1 unspecified atom stereocenters. The first-order valence-electron chi connectivity index (χ1n) is 5.89. The van der Waals surface area contributed by atoms with Gasteiger partial charge in [0.05, 0.1) is 6.21 Å². The first-order valence-corrected chi connectivity index (χ1v) is 5.89. The minimum Gasteiger partial charge on any atom is -0.361 e. The van der Waals surface area contributed by atoms with Gasteiger partial charge in [0.25, 0.3) is 6.29 Å². The molecule has 3 nitrogen and oxygen atoms in total. The summed E-state index contributed by atoms with van der Waals surface area (Å²) in [6.45, 7) is 8.28. The number of hydrogen-bond acceptors (Lipinski definition) is 2. The lowest BCUT2D eigenvalue weighted by atomic mass is 9.87. The quantitative estimate of drug-likeness (QED) is 0.446. The molecule has 0 aliphatic heterocycles. The van der Waals surface area contributed by atoms with E-state index in [-0.39, 0.29) is 5.41 Å². The molecule has 0 amide bonds. The molecule has 0 N–H and O–H groups in total. The van der Waals surface area contributed by atoms with Crippen LogP contribution in [0, 0.1) is 0 Å². The summed E-state index contributed by atoms with van der Waals surface area (Å²) in [6, 6.07) is 8.07. The van der Waals surface area contributed by atoms with E-state index in [0.29, 0.717) is 6.42 Å². The van der Waals surface area contributed by atoms with Gasteiger partial charge in [-0.05, 0) is 16.5 Å². The highest BCUT2D eigenvalue weighted by Gasteiger charge is 2.12. The molecule has 0 fully saturated rings. The third-order valence-corrected chi connectivity index (χ3v) is 2.49. The van der Waals surface area contributed by atoms with E-state index in [1.54, 1.807) is 13.1 Å². The van der Waals surface area contributed by atoms with Crippen LogP contribution in [-0.2, 0) is 15.4 Å². The Balaban J connectivity index is 2.63. The zero-order valence-corrected chi connectivity index (χ0v) is 10.9. The van der Waals surface area contributed by atoms with Gasteiger partial charge in [0.15, 0.2) is 0 Å². The molecule has 17 heavy (non-hydrogen) atoms. The Labute approximate surface area is 103 Å². The Bertz CT molecular complexity index is 363. The lowest BCUT2D eigenvalue weighted by Crippen LogP contribution is -2.10. The molecule has 1 radical (unpaired) electrons. The topological polar surface area (TPSA) is 41.5 Å². The Hall–Kier alpha value is -1.35. The van der Waals surface area contributed by atoms with E-state index < -0.39 is 6.29 Å². The zero-order valence-electron chi connectivity index (χ0n) is 10.9. The Morgan fingerprint density at radius 1 is 1.29 bits per heavy atom. The predicted molar refractivity (Wildman–Crippen MR) is 68.6 cm³/mol. The molecule has 0 saturated carbocycles. The zero-order chi connectivity index (χ0) is 12.9. The van der Waals surface area contributed by atoms with Crippen LogP contribution in [0.15, 0.2) is 29.4 Å². The van der Waals surface area contributed by atoms with Crippen molar-refractivity contribution in [2.75, 3.05) is 0 Å². The normalized spacial score (nSPS) is 13.9. The molecule has 0 saturated heterocycles. The Morgan fingerprint density at radius 2 is 1.88 bits per heavy atom. The first-order chi connectivity index (χ1) is 7.93. The van der Waals surface area contributed by atoms with Gasteiger partial charge in [-0.3, -0.25) is 0 Å². The summed E-state index contributed by atoms with van der Waals surface area (Å²) in [5.41, 5.74) is 2.35. The van der Waals surface area contributed by atoms with Crippen molar-refractivity contribution in [1.29, 1.82) is 0 Å². The third-order valence-electron chi connectivity index (χ3n) is 2.49. The lowest BCUT2D eigenvalue weighted by Gasteiger charge is -2.18. The maximum Gasteiger partial charge on any atom is 0.257 e. The Morgan fingerprint density at radius 3 is 2.35 bits per heavy atom. The van der Waals surface area contributed by atoms with E-state index in [2.05, 4.69) is 38.1 Å². The standard InChI is InChI=1S/C14H20NO2/c1-5-13(16)17-15-10-11-6-8-12(9-7-11)14(2,3)4/h6-10,13H,5H2,1-4H3/b15-10+. The van der Waals surface area contributed by atoms with E-state index in [1.165, 1.54) is 5.56 Å². The summed E-state index contributed by atoms with van der Waals surface area (Å²) in [4.78, 5) is 4.71. The molecule has 3 heteroatoms. The second-order valence-corrected chi connectivity index (χ2v) is 5.05. The number of hydrogen-bond donors (Lipinski definition) is 0. The van der Waals surface area contributed by atoms with Crippen molar-refractivity contribution in [1.82, 2.24) is 0 Å². The van der Waals surface area contributed by atoms with E-state index in [0.717, 1.165) is 5.56 Å². The second kappa shape index (κ2) is 5.82. The van der Waals surface area contributed by atoms with Crippen molar-refractivity contribution in [3.63, 3.8) is 0 Å². The van der Waals surface area contributed by atoms with Gasteiger partial charge in [0, 0.05) is 6.42 Å².